The van der Waals surface area contributed by atoms with Crippen LogP contribution in [0.5, 0.6) is 0 Å². The normalized spacial score (nSPS) is 16.7. The first kappa shape index (κ1) is 14.8. The molecule has 1 atom stereocenters. The fraction of sp³-hybridized carbons (Fsp3) is 0.727. The smallest absolute Gasteiger partial charge is 0.326 e. The van der Waals surface area contributed by atoms with Gasteiger partial charge in [0.05, 0.1) is 6.54 Å². The number of rotatable bonds is 7. The van der Waals surface area contributed by atoms with Gasteiger partial charge in [0.25, 0.3) is 0 Å². The summed E-state index contributed by atoms with van der Waals surface area (Å²) in [6.07, 6.45) is 3.50. The summed E-state index contributed by atoms with van der Waals surface area (Å²) in [6, 6.07) is -0.873. The van der Waals surface area contributed by atoms with Crippen molar-refractivity contribution in [2.24, 2.45) is 0 Å². The van der Waals surface area contributed by atoms with Crippen LogP contribution in [0.1, 0.15) is 19.3 Å². The zero-order chi connectivity index (χ0) is 13.5. The SMILES string of the molecule is CSCC[C@@H](NC(=O)CN1CCCC1=O)C(=O)O. The number of nitrogens with one attached hydrogen (secondary N) is 1. The molecule has 1 fully saturated rings. The Hall–Kier alpha value is -1.24. The summed E-state index contributed by atoms with van der Waals surface area (Å²) in [5.41, 5.74) is 0. The Labute approximate surface area is 110 Å². The first-order valence-corrected chi connectivity index (χ1v) is 7.23. The maximum absolute atomic E-state index is 11.6. The van der Waals surface area contributed by atoms with E-state index >= 15 is 0 Å². The van der Waals surface area contributed by atoms with Gasteiger partial charge in [0, 0.05) is 13.0 Å². The van der Waals surface area contributed by atoms with Gasteiger partial charge in [-0.2, -0.15) is 11.8 Å². The predicted molar refractivity (Wildman–Crippen MR) is 68.4 cm³/mol. The van der Waals surface area contributed by atoms with E-state index in [1.54, 1.807) is 0 Å². The van der Waals surface area contributed by atoms with E-state index in [2.05, 4.69) is 5.32 Å². The summed E-state index contributed by atoms with van der Waals surface area (Å²) >= 11 is 1.53. The topological polar surface area (TPSA) is 86.7 Å². The van der Waals surface area contributed by atoms with Crippen molar-refractivity contribution in [1.82, 2.24) is 10.2 Å². The predicted octanol–water partition coefficient (Wildman–Crippen LogP) is -0.0687. The molecule has 0 bridgehead atoms. The minimum absolute atomic E-state index is 0.0398. The van der Waals surface area contributed by atoms with E-state index in [9.17, 15) is 14.4 Å². The van der Waals surface area contributed by atoms with Gasteiger partial charge in [-0.1, -0.05) is 0 Å². The molecule has 0 aromatic carbocycles. The summed E-state index contributed by atoms with van der Waals surface area (Å²) < 4.78 is 0. The summed E-state index contributed by atoms with van der Waals surface area (Å²) in [6.45, 7) is 0.538. The molecular formula is C11H18N2O4S. The van der Waals surface area contributed by atoms with Crippen LogP contribution in [-0.4, -0.2) is 58.9 Å². The Balaban J connectivity index is 2.40. The number of carboxylic acid groups (broad SMARTS) is 1. The molecule has 1 heterocycles. The van der Waals surface area contributed by atoms with Crippen molar-refractivity contribution in [2.75, 3.05) is 25.1 Å². The Bertz CT molecular complexity index is 335. The summed E-state index contributed by atoms with van der Waals surface area (Å²) in [5, 5.41) is 11.4. The van der Waals surface area contributed by atoms with Crippen LogP contribution in [0, 0.1) is 0 Å². The second-order valence-corrected chi connectivity index (χ2v) is 5.14. The van der Waals surface area contributed by atoms with Gasteiger partial charge >= 0.3 is 5.97 Å². The van der Waals surface area contributed by atoms with Crippen molar-refractivity contribution in [3.05, 3.63) is 0 Å². The molecule has 2 amide bonds. The molecule has 1 rings (SSSR count). The zero-order valence-corrected chi connectivity index (χ0v) is 11.2. The number of thioether (sulfide) groups is 1. The van der Waals surface area contributed by atoms with Gasteiger partial charge in [-0.25, -0.2) is 4.79 Å². The fourth-order valence-corrected chi connectivity index (χ4v) is 2.25. The van der Waals surface area contributed by atoms with E-state index in [0.29, 0.717) is 25.1 Å². The van der Waals surface area contributed by atoms with Crippen LogP contribution in [-0.2, 0) is 14.4 Å². The highest BCUT2D eigenvalue weighted by Gasteiger charge is 2.25. The highest BCUT2D eigenvalue weighted by molar-refractivity contribution is 7.98. The highest BCUT2D eigenvalue weighted by Crippen LogP contribution is 2.08. The standard InChI is InChI=1S/C11H18N2O4S/c1-18-6-4-8(11(16)17)12-9(14)7-13-5-2-3-10(13)15/h8H,2-7H2,1H3,(H,12,14)(H,16,17)/t8-/m1/s1. The molecule has 0 unspecified atom stereocenters. The van der Waals surface area contributed by atoms with Gasteiger partial charge in [0.2, 0.25) is 11.8 Å². The molecule has 1 saturated heterocycles. The number of hydrogen-bond acceptors (Lipinski definition) is 4. The lowest BCUT2D eigenvalue weighted by Gasteiger charge is -2.18. The van der Waals surface area contributed by atoms with Crippen LogP contribution in [0.15, 0.2) is 0 Å². The van der Waals surface area contributed by atoms with Gasteiger partial charge in [-0.3, -0.25) is 9.59 Å². The maximum atomic E-state index is 11.6. The van der Waals surface area contributed by atoms with Gasteiger partial charge < -0.3 is 15.3 Å². The lowest BCUT2D eigenvalue weighted by atomic mass is 10.2. The van der Waals surface area contributed by atoms with E-state index in [1.165, 1.54) is 16.7 Å². The third-order valence-corrected chi connectivity index (χ3v) is 3.39. The Morgan fingerprint density at radius 3 is 2.78 bits per heavy atom. The van der Waals surface area contributed by atoms with Crippen molar-refractivity contribution in [2.45, 2.75) is 25.3 Å². The van der Waals surface area contributed by atoms with Gasteiger partial charge in [0.15, 0.2) is 0 Å². The number of carboxylic acids is 1. The highest BCUT2D eigenvalue weighted by atomic mass is 32.2. The van der Waals surface area contributed by atoms with Crippen LogP contribution < -0.4 is 5.32 Å². The van der Waals surface area contributed by atoms with Crippen molar-refractivity contribution in [3.63, 3.8) is 0 Å². The van der Waals surface area contributed by atoms with Crippen LogP contribution in [0.4, 0.5) is 0 Å². The quantitative estimate of drug-likeness (QED) is 0.678. The molecular weight excluding hydrogens is 256 g/mol. The van der Waals surface area contributed by atoms with Crippen LogP contribution in [0.2, 0.25) is 0 Å². The first-order chi connectivity index (χ1) is 8.54. The number of aliphatic carboxylic acids is 1. The molecule has 7 heteroatoms. The fourth-order valence-electron chi connectivity index (χ4n) is 1.78. The number of carbonyl (C=O) groups excluding carboxylic acids is 2. The number of carbonyl (C=O) groups is 3. The number of likely N-dealkylation sites (tertiary alicyclic amines) is 1. The number of amides is 2. The molecule has 18 heavy (non-hydrogen) atoms. The molecule has 0 aromatic heterocycles. The molecule has 0 aromatic rings. The Kier molecular flexibility index (Phi) is 5.97. The van der Waals surface area contributed by atoms with Crippen molar-refractivity contribution < 1.29 is 19.5 Å². The monoisotopic (exact) mass is 274 g/mol. The number of nitrogens with zero attached hydrogens (tertiary/aromatic N) is 1. The van der Waals surface area contributed by atoms with E-state index in [1.807, 2.05) is 6.26 Å². The Morgan fingerprint density at radius 1 is 1.56 bits per heavy atom. The number of hydrogen-bond donors (Lipinski definition) is 2. The van der Waals surface area contributed by atoms with Crippen LogP contribution in [0.3, 0.4) is 0 Å². The summed E-state index contributed by atoms with van der Waals surface area (Å²) in [4.78, 5) is 35.4. The minimum atomic E-state index is -1.04. The maximum Gasteiger partial charge on any atom is 0.326 e. The largest absolute Gasteiger partial charge is 0.480 e. The van der Waals surface area contributed by atoms with E-state index < -0.39 is 17.9 Å². The lowest BCUT2D eigenvalue weighted by Crippen LogP contribution is -2.46. The van der Waals surface area contributed by atoms with Gasteiger partial charge in [-0.15, -0.1) is 0 Å². The molecule has 0 aliphatic carbocycles. The minimum Gasteiger partial charge on any atom is -0.480 e. The van der Waals surface area contributed by atoms with Gasteiger partial charge in [0.1, 0.15) is 6.04 Å². The Morgan fingerprint density at radius 2 is 2.28 bits per heavy atom. The van der Waals surface area contributed by atoms with Crippen LogP contribution in [0.25, 0.3) is 0 Å². The van der Waals surface area contributed by atoms with E-state index in [-0.39, 0.29) is 12.5 Å². The van der Waals surface area contributed by atoms with Crippen molar-refractivity contribution in [1.29, 1.82) is 0 Å². The summed E-state index contributed by atoms with van der Waals surface area (Å²) in [7, 11) is 0. The molecule has 1 aliphatic rings. The van der Waals surface area contributed by atoms with E-state index in [0.717, 1.165) is 6.42 Å². The molecule has 0 spiro atoms. The first-order valence-electron chi connectivity index (χ1n) is 5.83. The average molecular weight is 274 g/mol. The van der Waals surface area contributed by atoms with Gasteiger partial charge in [-0.05, 0) is 24.9 Å². The second-order valence-electron chi connectivity index (χ2n) is 4.16. The zero-order valence-electron chi connectivity index (χ0n) is 10.3. The summed E-state index contributed by atoms with van der Waals surface area (Å²) in [5.74, 6) is -0.815. The lowest BCUT2D eigenvalue weighted by molar-refractivity contribution is -0.142. The average Bonchev–Trinajstić information content (AvgIpc) is 2.70. The molecule has 6 nitrogen and oxygen atoms in total. The van der Waals surface area contributed by atoms with Crippen LogP contribution >= 0.6 is 11.8 Å². The van der Waals surface area contributed by atoms with Crippen molar-refractivity contribution >= 4 is 29.5 Å². The van der Waals surface area contributed by atoms with Crippen molar-refractivity contribution in [3.8, 4) is 0 Å². The van der Waals surface area contributed by atoms with E-state index in [4.69, 9.17) is 5.11 Å². The molecule has 1 aliphatic heterocycles. The molecule has 0 radical (unpaired) electrons. The third kappa shape index (κ3) is 4.56. The molecule has 0 saturated carbocycles. The third-order valence-electron chi connectivity index (χ3n) is 2.75. The molecule has 2 N–H and O–H groups in total. The second kappa shape index (κ2) is 7.25. The molecule has 102 valence electrons.